The number of nitrogens with one attached hydrogen (secondary N) is 1. The van der Waals surface area contributed by atoms with Crippen LogP contribution in [0.5, 0.6) is 11.5 Å². The number of ether oxygens (including phenoxy) is 3. The molecule has 2 aromatic carbocycles. The van der Waals surface area contributed by atoms with Crippen LogP contribution < -0.4 is 14.8 Å². The highest BCUT2D eigenvalue weighted by atomic mass is 35.5. The van der Waals surface area contributed by atoms with Crippen molar-refractivity contribution in [2.45, 2.75) is 12.2 Å². The molecule has 0 radical (unpaired) electrons. The van der Waals surface area contributed by atoms with Crippen LogP contribution in [0.25, 0.3) is 0 Å². The van der Waals surface area contributed by atoms with Crippen molar-refractivity contribution >= 4 is 11.6 Å². The Morgan fingerprint density at radius 3 is 2.70 bits per heavy atom. The Labute approximate surface area is 141 Å². The molecule has 1 heterocycles. The normalized spacial score (nSPS) is 19.1. The second kappa shape index (κ2) is 7.68. The molecule has 0 aromatic heterocycles. The maximum Gasteiger partial charge on any atom is 0.151 e. The van der Waals surface area contributed by atoms with Gasteiger partial charge < -0.3 is 19.5 Å². The number of rotatable bonds is 5. The van der Waals surface area contributed by atoms with Crippen molar-refractivity contribution in [3.8, 4) is 11.5 Å². The van der Waals surface area contributed by atoms with Crippen molar-refractivity contribution in [3.63, 3.8) is 0 Å². The van der Waals surface area contributed by atoms with E-state index >= 15 is 0 Å². The van der Waals surface area contributed by atoms with Gasteiger partial charge in [0.15, 0.2) is 6.10 Å². The van der Waals surface area contributed by atoms with Crippen LogP contribution in [0.4, 0.5) is 0 Å². The van der Waals surface area contributed by atoms with E-state index in [4.69, 9.17) is 25.8 Å². The highest BCUT2D eigenvalue weighted by Crippen LogP contribution is 2.34. The molecule has 0 saturated carbocycles. The Morgan fingerprint density at radius 1 is 1.22 bits per heavy atom. The van der Waals surface area contributed by atoms with Crippen LogP contribution in [0, 0.1) is 0 Å². The average molecular weight is 334 g/mol. The zero-order valence-electron chi connectivity index (χ0n) is 13.0. The Kier molecular flexibility index (Phi) is 5.39. The van der Waals surface area contributed by atoms with E-state index in [2.05, 4.69) is 5.32 Å². The molecule has 5 heteroatoms. The fourth-order valence-corrected chi connectivity index (χ4v) is 2.84. The molecule has 1 aliphatic heterocycles. The van der Waals surface area contributed by atoms with Crippen LogP contribution in [0.3, 0.4) is 0 Å². The van der Waals surface area contributed by atoms with Crippen LogP contribution in [0.1, 0.15) is 11.7 Å². The Hall–Kier alpha value is -1.75. The van der Waals surface area contributed by atoms with Gasteiger partial charge in [0.2, 0.25) is 0 Å². The largest absolute Gasteiger partial charge is 0.497 e. The van der Waals surface area contributed by atoms with Crippen molar-refractivity contribution in [1.82, 2.24) is 5.32 Å². The number of hydrogen-bond acceptors (Lipinski definition) is 4. The van der Waals surface area contributed by atoms with Crippen molar-refractivity contribution in [1.29, 1.82) is 0 Å². The summed E-state index contributed by atoms with van der Waals surface area (Å²) >= 11 is 6.32. The van der Waals surface area contributed by atoms with Crippen LogP contribution in [0.2, 0.25) is 5.02 Å². The molecule has 0 bridgehead atoms. The molecule has 0 aliphatic carbocycles. The topological polar surface area (TPSA) is 39.7 Å². The van der Waals surface area contributed by atoms with Gasteiger partial charge in [-0.15, -0.1) is 0 Å². The first kappa shape index (κ1) is 16.1. The summed E-state index contributed by atoms with van der Waals surface area (Å²) in [6.07, 6.45) is -0.292. The monoisotopic (exact) mass is 333 g/mol. The van der Waals surface area contributed by atoms with E-state index in [1.807, 2.05) is 42.5 Å². The third kappa shape index (κ3) is 3.96. The third-order valence-electron chi connectivity index (χ3n) is 3.82. The maximum absolute atomic E-state index is 6.32. The molecule has 2 aromatic rings. The number of methoxy groups -OCH3 is 1. The lowest BCUT2D eigenvalue weighted by Crippen LogP contribution is -2.43. The van der Waals surface area contributed by atoms with Gasteiger partial charge in [-0.25, -0.2) is 0 Å². The number of halogens is 1. The van der Waals surface area contributed by atoms with Crippen LogP contribution in [-0.4, -0.2) is 32.9 Å². The first-order valence-corrected chi connectivity index (χ1v) is 8.03. The van der Waals surface area contributed by atoms with Gasteiger partial charge in [0, 0.05) is 19.2 Å². The average Bonchev–Trinajstić information content (AvgIpc) is 2.62. The smallest absolute Gasteiger partial charge is 0.151 e. The van der Waals surface area contributed by atoms with Gasteiger partial charge >= 0.3 is 0 Å². The van der Waals surface area contributed by atoms with Gasteiger partial charge in [-0.2, -0.15) is 0 Å². The van der Waals surface area contributed by atoms with E-state index < -0.39 is 0 Å². The van der Waals surface area contributed by atoms with Gasteiger partial charge in [-0.3, -0.25) is 0 Å². The highest BCUT2D eigenvalue weighted by molar-refractivity contribution is 6.32. The molecule has 1 fully saturated rings. The summed E-state index contributed by atoms with van der Waals surface area (Å²) in [6, 6.07) is 15.5. The minimum absolute atomic E-state index is 0.0654. The van der Waals surface area contributed by atoms with Gasteiger partial charge in [-0.05, 0) is 17.7 Å². The molecule has 1 aliphatic rings. The number of morpholine rings is 1. The van der Waals surface area contributed by atoms with Crippen molar-refractivity contribution in [2.24, 2.45) is 0 Å². The molecular formula is C18H20ClNO3. The Balaban J connectivity index is 1.86. The predicted octanol–water partition coefficient (Wildman–Crippen LogP) is 3.46. The van der Waals surface area contributed by atoms with E-state index in [0.29, 0.717) is 23.1 Å². The molecule has 0 amide bonds. The fraction of sp³-hybridized carbons (Fsp3) is 0.333. The molecule has 0 unspecified atom stereocenters. The first-order chi connectivity index (χ1) is 11.3. The summed E-state index contributed by atoms with van der Waals surface area (Å²) in [7, 11) is 1.61. The lowest BCUT2D eigenvalue weighted by atomic mass is 10.0. The van der Waals surface area contributed by atoms with Crippen LogP contribution >= 0.6 is 11.6 Å². The number of hydrogen-bond donors (Lipinski definition) is 1. The van der Waals surface area contributed by atoms with E-state index in [9.17, 15) is 0 Å². The predicted molar refractivity (Wildman–Crippen MR) is 90.4 cm³/mol. The molecule has 3 rings (SSSR count). The summed E-state index contributed by atoms with van der Waals surface area (Å²) in [5.41, 5.74) is 1.06. The van der Waals surface area contributed by atoms with E-state index in [0.717, 1.165) is 18.7 Å². The second-order valence-corrected chi connectivity index (χ2v) is 5.77. The lowest BCUT2D eigenvalue weighted by molar-refractivity contribution is -0.0432. The first-order valence-electron chi connectivity index (χ1n) is 7.65. The van der Waals surface area contributed by atoms with E-state index in [-0.39, 0.29) is 12.2 Å². The third-order valence-corrected chi connectivity index (χ3v) is 4.11. The standard InChI is InChI=1S/C18H20ClNO3/c1-21-14-7-8-16(15(19)11-14)23-18(13-5-3-2-4-6-13)17-12-20-9-10-22-17/h2-8,11,17-18,20H,9-10,12H2,1H3/t17-,18-/m0/s1. The molecule has 23 heavy (non-hydrogen) atoms. The highest BCUT2D eigenvalue weighted by Gasteiger charge is 2.28. The summed E-state index contributed by atoms with van der Waals surface area (Å²) in [6.45, 7) is 2.28. The minimum atomic E-state index is -0.227. The zero-order valence-corrected chi connectivity index (χ0v) is 13.8. The summed E-state index contributed by atoms with van der Waals surface area (Å²) in [5.74, 6) is 1.32. The van der Waals surface area contributed by atoms with Crippen molar-refractivity contribution < 1.29 is 14.2 Å². The van der Waals surface area contributed by atoms with Crippen LogP contribution in [-0.2, 0) is 4.74 Å². The molecule has 4 nitrogen and oxygen atoms in total. The fourth-order valence-electron chi connectivity index (χ4n) is 2.62. The van der Waals surface area contributed by atoms with Crippen LogP contribution in [0.15, 0.2) is 48.5 Å². The molecule has 2 atom stereocenters. The lowest BCUT2D eigenvalue weighted by Gasteiger charge is -2.31. The minimum Gasteiger partial charge on any atom is -0.497 e. The molecule has 1 saturated heterocycles. The van der Waals surface area contributed by atoms with Gasteiger partial charge in [0.05, 0.1) is 18.7 Å². The van der Waals surface area contributed by atoms with Crippen molar-refractivity contribution in [3.05, 3.63) is 59.1 Å². The summed E-state index contributed by atoms with van der Waals surface area (Å²) in [5, 5.41) is 3.87. The second-order valence-electron chi connectivity index (χ2n) is 5.36. The Morgan fingerprint density at radius 2 is 2.04 bits per heavy atom. The Bertz CT molecular complexity index is 629. The summed E-state index contributed by atoms with van der Waals surface area (Å²) < 4.78 is 17.3. The molecule has 0 spiro atoms. The zero-order chi connectivity index (χ0) is 16.1. The quantitative estimate of drug-likeness (QED) is 0.909. The SMILES string of the molecule is COc1ccc(O[C@@H](c2ccccc2)[C@@H]2CNCCO2)c(Cl)c1. The maximum atomic E-state index is 6.32. The molecular weight excluding hydrogens is 314 g/mol. The van der Waals surface area contributed by atoms with E-state index in [1.165, 1.54) is 0 Å². The van der Waals surface area contributed by atoms with Crippen molar-refractivity contribution in [2.75, 3.05) is 26.8 Å². The number of benzene rings is 2. The van der Waals surface area contributed by atoms with Gasteiger partial charge in [0.25, 0.3) is 0 Å². The van der Waals surface area contributed by atoms with Gasteiger partial charge in [0.1, 0.15) is 17.6 Å². The molecule has 1 N–H and O–H groups in total. The molecule has 122 valence electrons. The van der Waals surface area contributed by atoms with E-state index in [1.54, 1.807) is 13.2 Å². The summed E-state index contributed by atoms with van der Waals surface area (Å²) in [4.78, 5) is 0. The van der Waals surface area contributed by atoms with Gasteiger partial charge in [-0.1, -0.05) is 41.9 Å².